The minimum Gasteiger partial charge on any atom is -0.497 e. The van der Waals surface area contributed by atoms with Crippen LogP contribution in [0.15, 0.2) is 61.2 Å². The van der Waals surface area contributed by atoms with E-state index in [4.69, 9.17) is 32.8 Å². The first-order valence-corrected chi connectivity index (χ1v) is 19.6. The summed E-state index contributed by atoms with van der Waals surface area (Å²) in [7, 11) is 1.16. The second-order valence-corrected chi connectivity index (χ2v) is 19.0. The standard InChI is InChI=1S/C37H56O8Si/c1-10-11-33(38)25(2)34(45-46(8,9)37(3,4)5)24-32-23-31(43-36(44-32)27-14-18-29(40-7)19-15-27)22-30-20-21-41-35(42-30)26-12-16-28(39-6)17-13-26/h10,12-19,25,30-36,38H,1,11,20-24H2,2-9H3/t25-,30-,31+,32+,33-,34+,35-,36+/m0/s1. The molecule has 256 valence electrons. The van der Waals surface area contributed by atoms with Gasteiger partial charge in [0, 0.05) is 29.9 Å². The van der Waals surface area contributed by atoms with Gasteiger partial charge in [0.2, 0.25) is 0 Å². The van der Waals surface area contributed by atoms with Crippen molar-refractivity contribution in [3.63, 3.8) is 0 Å². The average Bonchev–Trinajstić information content (AvgIpc) is 3.03. The van der Waals surface area contributed by atoms with Crippen LogP contribution in [0.5, 0.6) is 11.5 Å². The number of methoxy groups -OCH3 is 2. The highest BCUT2D eigenvalue weighted by Crippen LogP contribution is 2.41. The first-order chi connectivity index (χ1) is 21.8. The summed E-state index contributed by atoms with van der Waals surface area (Å²) in [4.78, 5) is 0. The maximum absolute atomic E-state index is 11.1. The largest absolute Gasteiger partial charge is 0.497 e. The van der Waals surface area contributed by atoms with Crippen LogP contribution in [0.2, 0.25) is 18.1 Å². The van der Waals surface area contributed by atoms with Crippen LogP contribution >= 0.6 is 0 Å². The fourth-order valence-electron chi connectivity index (χ4n) is 5.82. The Bertz CT molecular complexity index is 1210. The zero-order valence-corrected chi connectivity index (χ0v) is 30.1. The lowest BCUT2D eigenvalue weighted by Gasteiger charge is -2.44. The van der Waals surface area contributed by atoms with Gasteiger partial charge in [-0.25, -0.2) is 0 Å². The van der Waals surface area contributed by atoms with Gasteiger partial charge >= 0.3 is 0 Å². The van der Waals surface area contributed by atoms with Crippen molar-refractivity contribution in [2.45, 2.75) is 121 Å². The molecule has 2 aromatic rings. The van der Waals surface area contributed by atoms with Crippen molar-refractivity contribution < 1.29 is 38.0 Å². The maximum atomic E-state index is 11.1. The summed E-state index contributed by atoms with van der Waals surface area (Å²) in [5.41, 5.74) is 1.89. The van der Waals surface area contributed by atoms with Gasteiger partial charge in [0.1, 0.15) is 11.5 Å². The lowest BCUT2D eigenvalue weighted by atomic mass is 9.90. The number of aliphatic hydroxyl groups is 1. The summed E-state index contributed by atoms with van der Waals surface area (Å²) >= 11 is 0. The van der Waals surface area contributed by atoms with E-state index in [0.717, 1.165) is 29.0 Å². The fraction of sp³-hybridized carbons (Fsp3) is 0.622. The minimum absolute atomic E-state index is 0.0277. The Morgan fingerprint density at radius 3 is 1.98 bits per heavy atom. The molecule has 2 aliphatic rings. The van der Waals surface area contributed by atoms with Crippen molar-refractivity contribution in [3.05, 3.63) is 72.3 Å². The van der Waals surface area contributed by atoms with Gasteiger partial charge in [0.25, 0.3) is 0 Å². The molecule has 0 radical (unpaired) electrons. The number of benzene rings is 2. The maximum Gasteiger partial charge on any atom is 0.192 e. The summed E-state index contributed by atoms with van der Waals surface area (Å²) in [5, 5.41) is 11.1. The first-order valence-electron chi connectivity index (χ1n) is 16.7. The van der Waals surface area contributed by atoms with E-state index < -0.39 is 27.0 Å². The summed E-state index contributed by atoms with van der Waals surface area (Å²) in [6.45, 7) is 17.8. The molecule has 8 nitrogen and oxygen atoms in total. The molecule has 1 N–H and O–H groups in total. The van der Waals surface area contributed by atoms with E-state index in [9.17, 15) is 5.11 Å². The van der Waals surface area contributed by atoms with Crippen molar-refractivity contribution in [2.24, 2.45) is 5.92 Å². The van der Waals surface area contributed by atoms with E-state index in [2.05, 4.69) is 47.4 Å². The van der Waals surface area contributed by atoms with Gasteiger partial charge in [-0.05, 0) is 61.7 Å². The van der Waals surface area contributed by atoms with Crippen LogP contribution < -0.4 is 9.47 Å². The lowest BCUT2D eigenvalue weighted by Crippen LogP contribution is -2.49. The van der Waals surface area contributed by atoms with Crippen LogP contribution in [0.3, 0.4) is 0 Å². The molecule has 4 rings (SSSR count). The van der Waals surface area contributed by atoms with E-state index in [0.29, 0.717) is 32.3 Å². The molecular formula is C37H56O8Si. The van der Waals surface area contributed by atoms with Crippen LogP contribution in [0.4, 0.5) is 0 Å². The molecule has 0 aliphatic carbocycles. The third-order valence-corrected chi connectivity index (χ3v) is 14.3. The number of ether oxygens (including phenoxy) is 6. The van der Waals surface area contributed by atoms with Crippen molar-refractivity contribution in [1.82, 2.24) is 0 Å². The molecular weight excluding hydrogens is 600 g/mol. The van der Waals surface area contributed by atoms with Gasteiger partial charge in [-0.15, -0.1) is 6.58 Å². The van der Waals surface area contributed by atoms with E-state index in [1.54, 1.807) is 20.3 Å². The van der Waals surface area contributed by atoms with Crippen LogP contribution in [-0.2, 0) is 23.4 Å². The molecule has 46 heavy (non-hydrogen) atoms. The van der Waals surface area contributed by atoms with Crippen LogP contribution in [0.1, 0.15) is 83.5 Å². The Balaban J connectivity index is 1.54. The lowest BCUT2D eigenvalue weighted by molar-refractivity contribution is -0.270. The third kappa shape index (κ3) is 9.66. The molecule has 2 saturated heterocycles. The Hall–Kier alpha value is -2.24. The van der Waals surface area contributed by atoms with Crippen molar-refractivity contribution >= 4 is 8.32 Å². The van der Waals surface area contributed by atoms with Gasteiger partial charge in [-0.1, -0.05) is 58.0 Å². The molecule has 9 heteroatoms. The second kappa shape index (κ2) is 16.2. The second-order valence-electron chi connectivity index (χ2n) is 14.2. The number of rotatable bonds is 14. The molecule has 0 amide bonds. The zero-order chi connectivity index (χ0) is 33.5. The van der Waals surface area contributed by atoms with E-state index >= 15 is 0 Å². The molecule has 0 unspecified atom stereocenters. The molecule has 2 aromatic carbocycles. The van der Waals surface area contributed by atoms with Gasteiger partial charge in [0.15, 0.2) is 20.9 Å². The number of hydrogen-bond acceptors (Lipinski definition) is 8. The predicted octanol–water partition coefficient (Wildman–Crippen LogP) is 8.12. The molecule has 0 spiro atoms. The van der Waals surface area contributed by atoms with Gasteiger partial charge in [-0.2, -0.15) is 0 Å². The topological polar surface area (TPSA) is 84.8 Å². The Morgan fingerprint density at radius 2 is 1.43 bits per heavy atom. The molecule has 2 aliphatic heterocycles. The summed E-state index contributed by atoms with van der Waals surface area (Å²) in [6.07, 6.45) is 3.13. The van der Waals surface area contributed by atoms with Crippen molar-refractivity contribution in [2.75, 3.05) is 20.8 Å². The predicted molar refractivity (Wildman–Crippen MR) is 183 cm³/mol. The van der Waals surface area contributed by atoms with Crippen LogP contribution in [0.25, 0.3) is 0 Å². The summed E-state index contributed by atoms with van der Waals surface area (Å²) in [5.74, 6) is 1.48. The molecule has 0 bridgehead atoms. The first kappa shape index (κ1) is 36.6. The van der Waals surface area contributed by atoms with Crippen LogP contribution in [0, 0.1) is 5.92 Å². The zero-order valence-electron chi connectivity index (χ0n) is 29.1. The fourth-order valence-corrected chi connectivity index (χ4v) is 7.24. The SMILES string of the molecule is C=CC[C@H](O)[C@H](C)[C@@H](C[C@H]1C[C@@H](C[C@@H]2CCO[C@H](c3ccc(OC)cc3)O2)O[C@@H](c2ccc(OC)cc2)O1)O[Si](C)(C)C(C)(C)C. The van der Waals surface area contributed by atoms with E-state index in [1.165, 1.54) is 0 Å². The molecule has 8 atom stereocenters. The molecule has 0 saturated carbocycles. The average molecular weight is 657 g/mol. The smallest absolute Gasteiger partial charge is 0.192 e. The van der Waals surface area contributed by atoms with Gasteiger partial charge in [-0.3, -0.25) is 0 Å². The summed E-state index contributed by atoms with van der Waals surface area (Å²) < 4.78 is 43.5. The third-order valence-electron chi connectivity index (χ3n) is 9.83. The van der Waals surface area contributed by atoms with Crippen LogP contribution in [-0.4, -0.2) is 64.8 Å². The molecule has 0 aromatic heterocycles. The molecule has 2 fully saturated rings. The van der Waals surface area contributed by atoms with Gasteiger partial charge in [0.05, 0.1) is 51.3 Å². The highest BCUT2D eigenvalue weighted by Gasteiger charge is 2.43. The Morgan fingerprint density at radius 1 is 0.891 bits per heavy atom. The Kier molecular flexibility index (Phi) is 12.9. The van der Waals surface area contributed by atoms with E-state index in [-0.39, 0.29) is 35.4 Å². The van der Waals surface area contributed by atoms with Crippen molar-refractivity contribution in [1.29, 1.82) is 0 Å². The highest BCUT2D eigenvalue weighted by molar-refractivity contribution is 6.74. The summed E-state index contributed by atoms with van der Waals surface area (Å²) in [6, 6.07) is 15.7. The normalized spacial score (nSPS) is 26.2. The van der Waals surface area contributed by atoms with Gasteiger partial charge < -0.3 is 38.0 Å². The monoisotopic (exact) mass is 656 g/mol. The quantitative estimate of drug-likeness (QED) is 0.161. The highest BCUT2D eigenvalue weighted by atomic mass is 28.4. The van der Waals surface area contributed by atoms with E-state index in [1.807, 2.05) is 48.5 Å². The Labute approximate surface area is 277 Å². The minimum atomic E-state index is -2.15. The number of aliphatic hydroxyl groups excluding tert-OH is 1. The molecule has 2 heterocycles. The van der Waals surface area contributed by atoms with Crippen molar-refractivity contribution in [3.8, 4) is 11.5 Å². The number of hydrogen-bond donors (Lipinski definition) is 1.